The van der Waals surface area contributed by atoms with Gasteiger partial charge in [-0.2, -0.15) is 0 Å². The average Bonchev–Trinajstić information content (AvgIpc) is 3.19. The molecule has 0 aliphatic carbocycles. The molecule has 0 spiro atoms. The van der Waals surface area contributed by atoms with Crippen LogP contribution in [0.1, 0.15) is 13.3 Å². The standard InChI is InChI=1S/C24H30N4O4/c1-3-32-20-10-8-19(9-11-20)28-17-18(16-23(28)29)25-24(30)27-14-12-26(13-15-27)21-6-4-5-7-22(21)31-2/h4-11,18H,3,12-17H2,1-2H3,(H,25,30)/t18-/m0/s1. The fourth-order valence-electron chi connectivity index (χ4n) is 4.25. The predicted molar refractivity (Wildman–Crippen MR) is 124 cm³/mol. The van der Waals surface area contributed by atoms with Crippen LogP contribution >= 0.6 is 0 Å². The Balaban J connectivity index is 1.30. The zero-order chi connectivity index (χ0) is 22.5. The summed E-state index contributed by atoms with van der Waals surface area (Å²) in [6.07, 6.45) is 0.306. The highest BCUT2D eigenvalue weighted by Gasteiger charge is 2.33. The lowest BCUT2D eigenvalue weighted by molar-refractivity contribution is -0.117. The topological polar surface area (TPSA) is 74.3 Å². The summed E-state index contributed by atoms with van der Waals surface area (Å²) in [7, 11) is 1.67. The molecule has 32 heavy (non-hydrogen) atoms. The lowest BCUT2D eigenvalue weighted by Crippen LogP contribution is -2.54. The van der Waals surface area contributed by atoms with Gasteiger partial charge in [0.25, 0.3) is 0 Å². The van der Waals surface area contributed by atoms with Crippen LogP contribution < -0.4 is 24.6 Å². The van der Waals surface area contributed by atoms with Crippen molar-refractivity contribution in [2.45, 2.75) is 19.4 Å². The monoisotopic (exact) mass is 438 g/mol. The smallest absolute Gasteiger partial charge is 0.317 e. The Hall–Kier alpha value is -3.42. The van der Waals surface area contributed by atoms with E-state index in [0.717, 1.165) is 36.0 Å². The van der Waals surface area contributed by atoms with Crippen LogP contribution in [0.25, 0.3) is 0 Å². The van der Waals surface area contributed by atoms with Gasteiger partial charge in [-0.25, -0.2) is 4.79 Å². The molecule has 3 amide bonds. The Morgan fingerprint density at radius 3 is 2.47 bits per heavy atom. The highest BCUT2D eigenvalue weighted by Crippen LogP contribution is 2.28. The normalized spacial score (nSPS) is 18.6. The zero-order valence-corrected chi connectivity index (χ0v) is 18.6. The molecule has 8 heteroatoms. The molecule has 0 radical (unpaired) electrons. The maximum absolute atomic E-state index is 12.8. The molecular formula is C24H30N4O4. The third-order valence-corrected chi connectivity index (χ3v) is 5.90. The Kier molecular flexibility index (Phi) is 6.68. The molecule has 2 aliphatic rings. The van der Waals surface area contributed by atoms with Gasteiger partial charge in [0.05, 0.1) is 25.4 Å². The number of nitrogens with one attached hydrogen (secondary N) is 1. The predicted octanol–water partition coefficient (Wildman–Crippen LogP) is 2.73. The van der Waals surface area contributed by atoms with Gasteiger partial charge in [-0.05, 0) is 43.3 Å². The fourth-order valence-corrected chi connectivity index (χ4v) is 4.25. The summed E-state index contributed by atoms with van der Waals surface area (Å²) in [6.45, 7) is 5.71. The maximum Gasteiger partial charge on any atom is 0.317 e. The molecule has 2 aromatic carbocycles. The van der Waals surface area contributed by atoms with E-state index in [-0.39, 0.29) is 18.0 Å². The quantitative estimate of drug-likeness (QED) is 0.751. The van der Waals surface area contributed by atoms with Crippen molar-refractivity contribution < 1.29 is 19.1 Å². The van der Waals surface area contributed by atoms with Crippen molar-refractivity contribution in [3.05, 3.63) is 48.5 Å². The van der Waals surface area contributed by atoms with Gasteiger partial charge < -0.3 is 29.5 Å². The number of rotatable bonds is 6. The number of methoxy groups -OCH3 is 1. The molecule has 0 aromatic heterocycles. The average molecular weight is 439 g/mol. The molecule has 2 heterocycles. The van der Waals surface area contributed by atoms with Crippen LogP contribution in [0.4, 0.5) is 16.2 Å². The van der Waals surface area contributed by atoms with Gasteiger partial charge in [0.1, 0.15) is 11.5 Å². The molecule has 2 aliphatic heterocycles. The molecule has 170 valence electrons. The van der Waals surface area contributed by atoms with Gasteiger partial charge >= 0.3 is 6.03 Å². The molecular weight excluding hydrogens is 408 g/mol. The van der Waals surface area contributed by atoms with E-state index in [1.54, 1.807) is 12.0 Å². The number of nitrogens with zero attached hydrogens (tertiary/aromatic N) is 3. The number of piperazine rings is 1. The number of urea groups is 1. The first kappa shape index (κ1) is 21.8. The van der Waals surface area contributed by atoms with Gasteiger partial charge in [-0.15, -0.1) is 0 Å². The molecule has 2 fully saturated rings. The molecule has 0 saturated carbocycles. The number of anilines is 2. The van der Waals surface area contributed by atoms with E-state index in [2.05, 4.69) is 10.2 Å². The van der Waals surface area contributed by atoms with Crippen molar-refractivity contribution in [3.8, 4) is 11.5 Å². The van der Waals surface area contributed by atoms with Gasteiger partial charge in [0.2, 0.25) is 5.91 Å². The second-order valence-corrected chi connectivity index (χ2v) is 7.93. The van der Waals surface area contributed by atoms with Gasteiger partial charge in [-0.3, -0.25) is 4.79 Å². The van der Waals surface area contributed by atoms with Crippen molar-refractivity contribution in [3.63, 3.8) is 0 Å². The van der Waals surface area contributed by atoms with Gasteiger partial charge in [0.15, 0.2) is 0 Å². The second kappa shape index (κ2) is 9.80. The van der Waals surface area contributed by atoms with E-state index in [4.69, 9.17) is 9.47 Å². The Bertz CT molecular complexity index is 941. The number of amides is 3. The minimum atomic E-state index is -0.200. The first-order chi connectivity index (χ1) is 15.6. The molecule has 2 saturated heterocycles. The van der Waals surface area contributed by atoms with E-state index in [9.17, 15) is 9.59 Å². The first-order valence-electron chi connectivity index (χ1n) is 11.1. The van der Waals surface area contributed by atoms with Crippen molar-refractivity contribution in [1.82, 2.24) is 10.2 Å². The molecule has 0 bridgehead atoms. The molecule has 8 nitrogen and oxygen atoms in total. The highest BCUT2D eigenvalue weighted by molar-refractivity contribution is 5.96. The fraction of sp³-hybridized carbons (Fsp3) is 0.417. The summed E-state index contributed by atoms with van der Waals surface area (Å²) in [5, 5.41) is 3.04. The summed E-state index contributed by atoms with van der Waals surface area (Å²) in [6, 6.07) is 15.1. The molecule has 1 atom stereocenters. The van der Waals surface area contributed by atoms with Crippen LogP contribution in [-0.2, 0) is 4.79 Å². The second-order valence-electron chi connectivity index (χ2n) is 7.93. The third kappa shape index (κ3) is 4.74. The van der Waals surface area contributed by atoms with E-state index in [0.29, 0.717) is 32.7 Å². The van der Waals surface area contributed by atoms with E-state index in [1.165, 1.54) is 0 Å². The van der Waals surface area contributed by atoms with Gasteiger partial charge in [-0.1, -0.05) is 12.1 Å². The van der Waals surface area contributed by atoms with Crippen molar-refractivity contribution in [2.24, 2.45) is 0 Å². The number of carbonyl (C=O) groups is 2. The number of para-hydroxylation sites is 2. The van der Waals surface area contributed by atoms with Crippen LogP contribution in [-0.4, -0.2) is 69.3 Å². The van der Waals surface area contributed by atoms with E-state index in [1.807, 2.05) is 60.4 Å². The van der Waals surface area contributed by atoms with Crippen LogP contribution in [0.15, 0.2) is 48.5 Å². The molecule has 2 aromatic rings. The number of benzene rings is 2. The van der Waals surface area contributed by atoms with Crippen molar-refractivity contribution >= 4 is 23.3 Å². The maximum atomic E-state index is 12.8. The van der Waals surface area contributed by atoms with Crippen LogP contribution in [0.3, 0.4) is 0 Å². The Labute approximate surface area is 188 Å². The van der Waals surface area contributed by atoms with E-state index < -0.39 is 0 Å². The largest absolute Gasteiger partial charge is 0.495 e. The zero-order valence-electron chi connectivity index (χ0n) is 18.6. The minimum absolute atomic E-state index is 0.0143. The Morgan fingerprint density at radius 1 is 1.06 bits per heavy atom. The Morgan fingerprint density at radius 2 is 1.78 bits per heavy atom. The molecule has 0 unspecified atom stereocenters. The number of carbonyl (C=O) groups excluding carboxylic acids is 2. The number of hydrogen-bond donors (Lipinski definition) is 1. The lowest BCUT2D eigenvalue weighted by Gasteiger charge is -2.37. The molecule has 4 rings (SSSR count). The van der Waals surface area contributed by atoms with Crippen molar-refractivity contribution in [1.29, 1.82) is 0 Å². The van der Waals surface area contributed by atoms with Gasteiger partial charge in [0, 0.05) is 44.8 Å². The minimum Gasteiger partial charge on any atom is -0.495 e. The number of ether oxygens (including phenoxy) is 2. The van der Waals surface area contributed by atoms with Crippen LogP contribution in [0, 0.1) is 0 Å². The summed E-state index contributed by atoms with van der Waals surface area (Å²) < 4.78 is 10.9. The SMILES string of the molecule is CCOc1ccc(N2C[C@@H](NC(=O)N3CCN(c4ccccc4OC)CC3)CC2=O)cc1. The summed E-state index contributed by atoms with van der Waals surface area (Å²) in [5.41, 5.74) is 1.86. The summed E-state index contributed by atoms with van der Waals surface area (Å²) >= 11 is 0. The third-order valence-electron chi connectivity index (χ3n) is 5.90. The number of hydrogen-bond acceptors (Lipinski definition) is 5. The van der Waals surface area contributed by atoms with Crippen LogP contribution in [0.2, 0.25) is 0 Å². The summed E-state index contributed by atoms with van der Waals surface area (Å²) in [4.78, 5) is 31.1. The first-order valence-corrected chi connectivity index (χ1v) is 11.1. The lowest BCUT2D eigenvalue weighted by atomic mass is 10.2. The van der Waals surface area contributed by atoms with Crippen LogP contribution in [0.5, 0.6) is 11.5 Å². The van der Waals surface area contributed by atoms with Crippen molar-refractivity contribution in [2.75, 3.05) is 56.2 Å². The summed E-state index contributed by atoms with van der Waals surface area (Å²) in [5.74, 6) is 1.63. The van der Waals surface area contributed by atoms with E-state index >= 15 is 0 Å². The highest BCUT2D eigenvalue weighted by atomic mass is 16.5. The molecule has 1 N–H and O–H groups in total.